The zero-order valence-electron chi connectivity index (χ0n) is 23.5. The van der Waals surface area contributed by atoms with Gasteiger partial charge in [-0.15, -0.1) is 0 Å². The summed E-state index contributed by atoms with van der Waals surface area (Å²) in [5.41, 5.74) is 4.93. The lowest BCUT2D eigenvalue weighted by molar-refractivity contribution is -0.0861. The van der Waals surface area contributed by atoms with Gasteiger partial charge in [0.2, 0.25) is 0 Å². The van der Waals surface area contributed by atoms with Gasteiger partial charge < -0.3 is 0 Å². The Morgan fingerprint density at radius 3 is 2.28 bits per heavy atom. The summed E-state index contributed by atoms with van der Waals surface area (Å²) in [5.74, 6) is 0.340. The van der Waals surface area contributed by atoms with Crippen LogP contribution >= 0.6 is 0 Å². The highest BCUT2D eigenvalue weighted by Crippen LogP contribution is 2.40. The van der Waals surface area contributed by atoms with Crippen molar-refractivity contribution in [2.45, 2.75) is 78.8 Å². The van der Waals surface area contributed by atoms with E-state index in [2.05, 4.69) is 17.6 Å². The minimum absolute atomic E-state index is 0.0302. The van der Waals surface area contributed by atoms with E-state index in [4.69, 9.17) is 0 Å². The molecule has 4 rings (SSSR count). The number of halogens is 4. The summed E-state index contributed by atoms with van der Waals surface area (Å²) in [7, 11) is 0. The smallest absolute Gasteiger partial charge is 0.253 e. The van der Waals surface area contributed by atoms with Gasteiger partial charge in [0, 0.05) is 5.56 Å². The van der Waals surface area contributed by atoms with Gasteiger partial charge in [-0.25, -0.2) is 4.39 Å². The monoisotopic (exact) mass is 537 g/mol. The number of aliphatic imine (C=N–C) groups is 1. The predicted octanol–water partition coefficient (Wildman–Crippen LogP) is 10.8. The summed E-state index contributed by atoms with van der Waals surface area (Å²) < 4.78 is 54.5. The van der Waals surface area contributed by atoms with Crippen LogP contribution in [0.3, 0.4) is 0 Å². The van der Waals surface area contributed by atoms with Crippen LogP contribution in [0.15, 0.2) is 106 Å². The Kier molecular flexibility index (Phi) is 10.7. The van der Waals surface area contributed by atoms with Crippen LogP contribution in [-0.4, -0.2) is 11.9 Å². The molecule has 0 atom stereocenters. The fourth-order valence-electron chi connectivity index (χ4n) is 4.81. The van der Waals surface area contributed by atoms with E-state index in [0.29, 0.717) is 22.8 Å². The Balaban J connectivity index is 0.000000268. The van der Waals surface area contributed by atoms with Crippen LogP contribution in [-0.2, 0) is 0 Å². The van der Waals surface area contributed by atoms with E-state index in [1.807, 2.05) is 37.3 Å². The van der Waals surface area contributed by atoms with Crippen LogP contribution in [0.2, 0.25) is 0 Å². The largest absolute Gasteiger partial charge is 0.418 e. The van der Waals surface area contributed by atoms with Crippen molar-refractivity contribution in [3.05, 3.63) is 112 Å². The number of nitrogens with zero attached hydrogens (tertiary/aromatic N) is 1. The molecule has 0 saturated heterocycles. The van der Waals surface area contributed by atoms with Gasteiger partial charge in [0.15, 0.2) is 0 Å². The third-order valence-electron chi connectivity index (χ3n) is 7.17. The highest BCUT2D eigenvalue weighted by molar-refractivity contribution is 6.01. The van der Waals surface area contributed by atoms with Crippen LogP contribution in [0.1, 0.15) is 78.2 Å². The summed E-state index contributed by atoms with van der Waals surface area (Å²) in [6.07, 6.45) is 13.8. The van der Waals surface area contributed by atoms with Crippen molar-refractivity contribution in [2.24, 2.45) is 10.9 Å². The Bertz CT molecular complexity index is 1270. The molecule has 1 fully saturated rings. The van der Waals surface area contributed by atoms with E-state index in [-0.39, 0.29) is 11.5 Å². The topological polar surface area (TPSA) is 12.4 Å². The van der Waals surface area contributed by atoms with Crippen molar-refractivity contribution in [2.75, 3.05) is 0 Å². The van der Waals surface area contributed by atoms with E-state index >= 15 is 0 Å². The van der Waals surface area contributed by atoms with Crippen molar-refractivity contribution < 1.29 is 17.6 Å². The molecule has 3 aliphatic rings. The molecule has 5 heteroatoms. The molecule has 0 N–H and O–H groups in total. The molecule has 0 unspecified atom stereocenters. The summed E-state index contributed by atoms with van der Waals surface area (Å²) in [5, 5.41) is 0. The molecule has 208 valence electrons. The summed E-state index contributed by atoms with van der Waals surface area (Å²) >= 11 is 0. The van der Waals surface area contributed by atoms with Crippen molar-refractivity contribution in [3.8, 4) is 0 Å². The molecule has 0 amide bonds. The first-order valence-corrected chi connectivity index (χ1v) is 13.7. The maximum Gasteiger partial charge on any atom is 0.418 e. The SMILES string of the molecule is C=C(C)C(/N=C(C)/C(=C\C(=C/C)C1=CCC=C1)C(F)(F)F)=C(/C)C1CC1.Fc1ccccc1C1=CCCCC1. The van der Waals surface area contributed by atoms with Crippen LogP contribution in [0.5, 0.6) is 0 Å². The maximum atomic E-state index is 13.7. The zero-order chi connectivity index (χ0) is 28.6. The lowest BCUT2D eigenvalue weighted by Crippen LogP contribution is -2.19. The lowest BCUT2D eigenvalue weighted by Gasteiger charge is -2.15. The zero-order valence-corrected chi connectivity index (χ0v) is 23.5. The average molecular weight is 538 g/mol. The Morgan fingerprint density at radius 1 is 1.05 bits per heavy atom. The molecule has 0 radical (unpaired) electrons. The minimum Gasteiger partial charge on any atom is -0.253 e. The van der Waals surface area contributed by atoms with Gasteiger partial charge in [-0.3, -0.25) is 4.99 Å². The number of alkyl halides is 3. The van der Waals surface area contributed by atoms with E-state index in [1.165, 1.54) is 37.5 Å². The van der Waals surface area contributed by atoms with Gasteiger partial charge in [-0.2, -0.15) is 13.2 Å². The van der Waals surface area contributed by atoms with Gasteiger partial charge in [-0.05, 0) is 119 Å². The maximum absolute atomic E-state index is 13.7. The molecular weight excluding hydrogens is 498 g/mol. The van der Waals surface area contributed by atoms with E-state index in [1.54, 1.807) is 26.0 Å². The summed E-state index contributed by atoms with van der Waals surface area (Å²) in [6, 6.07) is 7.04. The second-order valence-electron chi connectivity index (χ2n) is 10.3. The number of hydrogen-bond acceptors (Lipinski definition) is 1. The average Bonchev–Trinajstić information content (AvgIpc) is 3.62. The Hall–Kier alpha value is -3.21. The summed E-state index contributed by atoms with van der Waals surface area (Å²) in [4.78, 5) is 4.36. The molecule has 1 nitrogen and oxygen atoms in total. The fourth-order valence-corrected chi connectivity index (χ4v) is 4.81. The number of allylic oxidation sites excluding steroid dienone is 12. The number of hydrogen-bond donors (Lipinski definition) is 0. The standard InChI is InChI=1S/C22H26F3N.C12H13F/c1-6-17(19-9-7-8-10-19)13-20(22(23,24)25)16(5)26-21(14(2)3)15(4)18-11-12-18;13-12-9-5-4-8-11(12)10-6-2-1-3-7-10/h6-7,9-10,13,18H,2,8,11-12H2,1,3-5H3;4-6,8-9H,1-3,7H2/b17-6+,20-13+,21-15+,26-16+;. The van der Waals surface area contributed by atoms with Crippen LogP contribution in [0.25, 0.3) is 5.57 Å². The van der Waals surface area contributed by atoms with Crippen LogP contribution in [0.4, 0.5) is 17.6 Å². The molecule has 0 aromatic heterocycles. The van der Waals surface area contributed by atoms with Crippen molar-refractivity contribution in [1.82, 2.24) is 0 Å². The van der Waals surface area contributed by atoms with Crippen molar-refractivity contribution >= 4 is 11.3 Å². The lowest BCUT2D eigenvalue weighted by atomic mass is 9.93. The first-order chi connectivity index (χ1) is 18.5. The van der Waals surface area contributed by atoms with Gasteiger partial charge in [0.05, 0.1) is 17.0 Å². The molecule has 0 aliphatic heterocycles. The van der Waals surface area contributed by atoms with Gasteiger partial charge in [0.1, 0.15) is 5.82 Å². The molecule has 0 spiro atoms. The molecule has 1 saturated carbocycles. The van der Waals surface area contributed by atoms with E-state index in [0.717, 1.165) is 48.8 Å². The number of rotatable bonds is 7. The third kappa shape index (κ3) is 8.64. The Morgan fingerprint density at radius 2 is 1.77 bits per heavy atom. The second kappa shape index (κ2) is 13.7. The first kappa shape index (κ1) is 30.3. The Labute approximate surface area is 230 Å². The molecule has 0 heterocycles. The molecule has 1 aromatic carbocycles. The van der Waals surface area contributed by atoms with Gasteiger partial charge in [0.25, 0.3) is 0 Å². The quantitative estimate of drug-likeness (QED) is 0.186. The van der Waals surface area contributed by atoms with Gasteiger partial charge >= 0.3 is 6.18 Å². The van der Waals surface area contributed by atoms with Crippen LogP contribution < -0.4 is 0 Å². The predicted molar refractivity (Wildman–Crippen MR) is 156 cm³/mol. The molecule has 1 aromatic rings. The molecule has 39 heavy (non-hydrogen) atoms. The van der Waals surface area contributed by atoms with Gasteiger partial charge in [-0.1, -0.05) is 55.2 Å². The van der Waals surface area contributed by atoms with Crippen molar-refractivity contribution in [1.29, 1.82) is 0 Å². The minimum atomic E-state index is -4.47. The highest BCUT2D eigenvalue weighted by Gasteiger charge is 2.36. The number of benzene rings is 1. The molecular formula is C34H39F4N. The van der Waals surface area contributed by atoms with Crippen molar-refractivity contribution in [3.63, 3.8) is 0 Å². The fraction of sp³-hybridized carbons (Fsp3) is 0.382. The molecule has 0 bridgehead atoms. The van der Waals surface area contributed by atoms with E-state index in [9.17, 15) is 17.6 Å². The normalized spacial score (nSPS) is 19.1. The molecule has 3 aliphatic carbocycles. The highest BCUT2D eigenvalue weighted by atomic mass is 19.4. The summed E-state index contributed by atoms with van der Waals surface area (Å²) in [6.45, 7) is 10.8. The second-order valence-corrected chi connectivity index (χ2v) is 10.3. The van der Waals surface area contributed by atoms with E-state index < -0.39 is 11.7 Å². The van der Waals surface area contributed by atoms with Crippen LogP contribution in [0, 0.1) is 11.7 Å². The third-order valence-corrected chi connectivity index (χ3v) is 7.17. The first-order valence-electron chi connectivity index (χ1n) is 13.7.